The number of rotatable bonds is 4. The Morgan fingerprint density at radius 2 is 1.69 bits per heavy atom. The van der Waals surface area contributed by atoms with Crippen LogP contribution in [-0.4, -0.2) is 28.3 Å². The van der Waals surface area contributed by atoms with Gasteiger partial charge in [-0.15, -0.1) is 24.0 Å². The van der Waals surface area contributed by atoms with Crippen molar-refractivity contribution in [3.8, 4) is 5.75 Å². The number of guanidine groups is 1. The van der Waals surface area contributed by atoms with Gasteiger partial charge in [0.2, 0.25) is 0 Å². The number of aromatic hydroxyl groups is 1. The van der Waals surface area contributed by atoms with Crippen molar-refractivity contribution in [3.63, 3.8) is 0 Å². The van der Waals surface area contributed by atoms with E-state index in [9.17, 15) is 10.2 Å². The van der Waals surface area contributed by atoms with Crippen LogP contribution in [-0.2, 0) is 6.54 Å². The number of hydrogen-bond acceptors (Lipinski definition) is 3. The predicted molar refractivity (Wildman–Crippen MR) is 115 cm³/mol. The topological polar surface area (TPSA) is 76.9 Å². The third-order valence-corrected chi connectivity index (χ3v) is 4.66. The molecule has 5 nitrogen and oxygen atoms in total. The lowest BCUT2D eigenvalue weighted by atomic mass is 9.98. The van der Waals surface area contributed by atoms with Gasteiger partial charge in [0.1, 0.15) is 11.9 Å². The maximum atomic E-state index is 10.6. The fourth-order valence-electron chi connectivity index (χ4n) is 3.24. The second-order valence-corrected chi connectivity index (χ2v) is 6.70. The van der Waals surface area contributed by atoms with Crippen LogP contribution in [0.25, 0.3) is 0 Å². The summed E-state index contributed by atoms with van der Waals surface area (Å²) >= 11 is 0. The summed E-state index contributed by atoms with van der Waals surface area (Å²) in [5.41, 5.74) is 3.64. The van der Waals surface area contributed by atoms with E-state index in [-0.39, 0.29) is 36.1 Å². The highest BCUT2D eigenvalue weighted by atomic mass is 127. The molecule has 6 heteroatoms. The molecule has 0 spiro atoms. The third-order valence-electron chi connectivity index (χ3n) is 4.66. The molecule has 4 N–H and O–H groups in total. The Kier molecular flexibility index (Phi) is 6.88. The zero-order valence-electron chi connectivity index (χ0n) is 15.2. The average molecular weight is 467 g/mol. The smallest absolute Gasteiger partial charge is 0.192 e. The molecule has 3 atom stereocenters. The van der Waals surface area contributed by atoms with Crippen molar-refractivity contribution in [1.82, 2.24) is 10.6 Å². The van der Waals surface area contributed by atoms with Gasteiger partial charge in [0, 0.05) is 6.04 Å². The third kappa shape index (κ3) is 4.48. The summed E-state index contributed by atoms with van der Waals surface area (Å²) < 4.78 is 0. The molecular formula is C20H26IN3O2. The van der Waals surface area contributed by atoms with Gasteiger partial charge in [-0.2, -0.15) is 0 Å². The van der Waals surface area contributed by atoms with E-state index in [4.69, 9.17) is 0 Å². The Labute approximate surface area is 171 Å². The van der Waals surface area contributed by atoms with Crippen LogP contribution in [0.5, 0.6) is 5.75 Å². The number of aliphatic imine (C=N–C) groups is 1. The number of halogens is 1. The minimum absolute atomic E-state index is 0. The van der Waals surface area contributed by atoms with E-state index in [1.54, 1.807) is 0 Å². The number of phenols is 1. The molecule has 1 aliphatic rings. The molecule has 0 saturated carbocycles. The first-order valence-corrected chi connectivity index (χ1v) is 8.55. The maximum Gasteiger partial charge on any atom is 0.192 e. The zero-order chi connectivity index (χ0) is 18.0. The van der Waals surface area contributed by atoms with Gasteiger partial charge in [0.05, 0.1) is 12.6 Å². The molecule has 2 aromatic rings. The lowest BCUT2D eigenvalue weighted by Crippen LogP contribution is -2.37. The summed E-state index contributed by atoms with van der Waals surface area (Å²) in [4.78, 5) is 4.58. The second-order valence-electron chi connectivity index (χ2n) is 6.70. The monoisotopic (exact) mass is 467 g/mol. The lowest BCUT2D eigenvalue weighted by molar-refractivity contribution is 0.132. The van der Waals surface area contributed by atoms with E-state index in [1.165, 1.54) is 0 Å². The van der Waals surface area contributed by atoms with E-state index < -0.39 is 6.10 Å². The van der Waals surface area contributed by atoms with Crippen LogP contribution in [0.15, 0.2) is 47.5 Å². The summed E-state index contributed by atoms with van der Waals surface area (Å²) in [6, 6.07) is 13.5. The van der Waals surface area contributed by atoms with Gasteiger partial charge in [-0.25, -0.2) is 4.99 Å². The Morgan fingerprint density at radius 3 is 2.31 bits per heavy atom. The predicted octanol–water partition coefficient (Wildman–Crippen LogP) is 3.17. The molecule has 2 aromatic carbocycles. The van der Waals surface area contributed by atoms with E-state index in [1.807, 2.05) is 63.2 Å². The van der Waals surface area contributed by atoms with Gasteiger partial charge >= 0.3 is 0 Å². The first-order valence-electron chi connectivity index (χ1n) is 8.55. The highest BCUT2D eigenvalue weighted by Crippen LogP contribution is 2.24. The normalized spacial score (nSPS) is 21.6. The van der Waals surface area contributed by atoms with Crippen molar-refractivity contribution in [2.24, 2.45) is 4.99 Å². The fourth-order valence-corrected chi connectivity index (χ4v) is 3.24. The number of nitrogens with zero attached hydrogens (tertiary/aromatic N) is 1. The molecule has 26 heavy (non-hydrogen) atoms. The Bertz CT molecular complexity index is 757. The molecule has 0 bridgehead atoms. The second kappa shape index (κ2) is 8.73. The minimum Gasteiger partial charge on any atom is -0.507 e. The van der Waals surface area contributed by atoms with Gasteiger partial charge in [0.25, 0.3) is 0 Å². The highest BCUT2D eigenvalue weighted by molar-refractivity contribution is 14.0. The van der Waals surface area contributed by atoms with Crippen molar-refractivity contribution < 1.29 is 10.2 Å². The SMILES string of the molecule is Cc1cc(CN=C2NC(C)C(C(O)c3ccccc3)N2)cc(C)c1O.I. The number of aryl methyl sites for hydroxylation is 2. The molecule has 0 aromatic heterocycles. The van der Waals surface area contributed by atoms with Crippen LogP contribution in [0.2, 0.25) is 0 Å². The number of nitrogens with one attached hydrogen (secondary N) is 2. The van der Waals surface area contributed by atoms with Gasteiger partial charge in [0.15, 0.2) is 5.96 Å². The number of benzene rings is 2. The highest BCUT2D eigenvalue weighted by Gasteiger charge is 2.33. The summed E-state index contributed by atoms with van der Waals surface area (Å²) in [6.45, 7) is 6.32. The maximum absolute atomic E-state index is 10.6. The Hall–Kier alpha value is -1.80. The van der Waals surface area contributed by atoms with Crippen molar-refractivity contribution >= 4 is 29.9 Å². The molecule has 3 rings (SSSR count). The molecular weight excluding hydrogens is 441 g/mol. The Morgan fingerprint density at radius 1 is 1.08 bits per heavy atom. The minimum atomic E-state index is -0.602. The quantitative estimate of drug-likeness (QED) is 0.522. The van der Waals surface area contributed by atoms with Gasteiger partial charge < -0.3 is 20.8 Å². The molecule has 140 valence electrons. The average Bonchev–Trinajstić information content (AvgIpc) is 2.98. The molecule has 3 unspecified atom stereocenters. The van der Waals surface area contributed by atoms with Crippen molar-refractivity contribution in [2.75, 3.05) is 0 Å². The van der Waals surface area contributed by atoms with Gasteiger partial charge in [-0.1, -0.05) is 42.5 Å². The van der Waals surface area contributed by atoms with Crippen LogP contribution in [0.1, 0.15) is 35.3 Å². The molecule has 1 fully saturated rings. The summed E-state index contributed by atoms with van der Waals surface area (Å²) in [5.74, 6) is 1.03. The molecule has 0 radical (unpaired) electrons. The van der Waals surface area contributed by atoms with Crippen molar-refractivity contribution in [2.45, 2.75) is 45.5 Å². The van der Waals surface area contributed by atoms with Crippen molar-refractivity contribution in [1.29, 1.82) is 0 Å². The number of aliphatic hydroxyl groups is 1. The van der Waals surface area contributed by atoms with Crippen LogP contribution < -0.4 is 10.6 Å². The fraction of sp³-hybridized carbons (Fsp3) is 0.350. The van der Waals surface area contributed by atoms with Crippen LogP contribution in [0, 0.1) is 13.8 Å². The molecule has 0 amide bonds. The number of aliphatic hydroxyl groups excluding tert-OH is 1. The lowest BCUT2D eigenvalue weighted by Gasteiger charge is -2.21. The number of phenolic OH excluding ortho intramolecular Hbond substituents is 1. The molecule has 0 aliphatic carbocycles. The first-order chi connectivity index (χ1) is 12.0. The van der Waals surface area contributed by atoms with Crippen molar-refractivity contribution in [3.05, 3.63) is 64.7 Å². The van der Waals surface area contributed by atoms with E-state index in [0.717, 1.165) is 22.3 Å². The van der Waals surface area contributed by atoms with E-state index in [2.05, 4.69) is 15.6 Å². The molecule has 1 heterocycles. The van der Waals surface area contributed by atoms with Gasteiger partial charge in [-0.05, 0) is 43.0 Å². The van der Waals surface area contributed by atoms with E-state index in [0.29, 0.717) is 18.3 Å². The van der Waals surface area contributed by atoms with Gasteiger partial charge in [-0.3, -0.25) is 0 Å². The van der Waals surface area contributed by atoms with Crippen LogP contribution in [0.3, 0.4) is 0 Å². The van der Waals surface area contributed by atoms with E-state index >= 15 is 0 Å². The summed E-state index contributed by atoms with van der Waals surface area (Å²) in [5, 5.41) is 27.1. The summed E-state index contributed by atoms with van der Waals surface area (Å²) in [7, 11) is 0. The molecule has 1 saturated heterocycles. The first kappa shape index (κ1) is 20.5. The zero-order valence-corrected chi connectivity index (χ0v) is 17.6. The standard InChI is InChI=1S/C20H25N3O2.HI/c1-12-9-15(10-13(2)18(12)24)11-21-20-22-14(3)17(23-20)19(25)16-7-5-4-6-8-16;/h4-10,14,17,19,24-25H,11H2,1-3H3,(H2,21,22,23);1H. The summed E-state index contributed by atoms with van der Waals surface area (Å²) in [6.07, 6.45) is -0.602. The Balaban J connectivity index is 0.00000243. The van der Waals surface area contributed by atoms with Crippen LogP contribution in [0.4, 0.5) is 0 Å². The van der Waals surface area contributed by atoms with Crippen LogP contribution >= 0.6 is 24.0 Å². The largest absolute Gasteiger partial charge is 0.507 e. The molecule has 1 aliphatic heterocycles. The number of hydrogen-bond donors (Lipinski definition) is 4.